The minimum absolute atomic E-state index is 0.127. The summed E-state index contributed by atoms with van der Waals surface area (Å²) in [6.07, 6.45) is 7.42. The Morgan fingerprint density at radius 1 is 1.15 bits per heavy atom. The number of benzene rings is 1. The first-order valence-corrected chi connectivity index (χ1v) is 9.75. The Balaban J connectivity index is 1.44. The van der Waals surface area contributed by atoms with Crippen LogP contribution in [0.25, 0.3) is 0 Å². The van der Waals surface area contributed by atoms with Gasteiger partial charge in [-0.1, -0.05) is 36.8 Å². The molecule has 5 nitrogen and oxygen atoms in total. The second-order valence-electron chi connectivity index (χ2n) is 7.04. The zero-order chi connectivity index (χ0) is 18.9. The van der Waals surface area contributed by atoms with Crippen molar-refractivity contribution in [3.8, 4) is 5.88 Å². The van der Waals surface area contributed by atoms with Crippen LogP contribution in [0.2, 0.25) is 0 Å². The van der Waals surface area contributed by atoms with Gasteiger partial charge in [-0.3, -0.25) is 4.79 Å². The Hall–Kier alpha value is -2.40. The number of ether oxygens (including phenoxy) is 2. The third-order valence-electron chi connectivity index (χ3n) is 4.82. The van der Waals surface area contributed by atoms with Crippen molar-refractivity contribution in [2.75, 3.05) is 0 Å². The molecule has 144 valence electrons. The van der Waals surface area contributed by atoms with Crippen LogP contribution < -0.4 is 10.1 Å². The van der Waals surface area contributed by atoms with Gasteiger partial charge in [0.1, 0.15) is 12.2 Å². The van der Waals surface area contributed by atoms with Crippen LogP contribution in [0.4, 0.5) is 0 Å². The molecule has 1 aromatic heterocycles. The van der Waals surface area contributed by atoms with Crippen molar-refractivity contribution in [2.24, 2.45) is 0 Å². The molecule has 1 fully saturated rings. The van der Waals surface area contributed by atoms with E-state index in [0.717, 1.165) is 24.0 Å². The van der Waals surface area contributed by atoms with Gasteiger partial charge >= 0.3 is 0 Å². The van der Waals surface area contributed by atoms with Crippen molar-refractivity contribution in [3.05, 3.63) is 59.8 Å². The van der Waals surface area contributed by atoms with Crippen molar-refractivity contribution in [2.45, 2.75) is 64.4 Å². The maximum Gasteiger partial charge on any atom is 0.249 e. The van der Waals surface area contributed by atoms with Crippen molar-refractivity contribution < 1.29 is 14.3 Å². The molecule has 0 radical (unpaired) electrons. The fraction of sp³-hybridized carbons (Fsp3) is 0.455. The van der Waals surface area contributed by atoms with E-state index in [4.69, 9.17) is 9.47 Å². The van der Waals surface area contributed by atoms with Crippen LogP contribution in [-0.4, -0.2) is 23.1 Å². The zero-order valence-electron chi connectivity index (χ0n) is 15.9. The van der Waals surface area contributed by atoms with Gasteiger partial charge in [-0.15, -0.1) is 0 Å². The number of aromatic nitrogens is 1. The fourth-order valence-electron chi connectivity index (χ4n) is 3.18. The average Bonchev–Trinajstić information content (AvgIpc) is 2.72. The van der Waals surface area contributed by atoms with E-state index in [2.05, 4.69) is 10.3 Å². The number of hydrogen-bond acceptors (Lipinski definition) is 4. The molecule has 1 saturated carbocycles. The van der Waals surface area contributed by atoms with Crippen molar-refractivity contribution in [1.82, 2.24) is 10.3 Å². The first kappa shape index (κ1) is 19.4. The molecule has 1 aliphatic rings. The predicted octanol–water partition coefficient (Wildman–Crippen LogP) is 4.01. The Bertz CT molecular complexity index is 715. The van der Waals surface area contributed by atoms with Gasteiger partial charge in [-0.2, -0.15) is 0 Å². The van der Waals surface area contributed by atoms with E-state index in [9.17, 15) is 4.79 Å². The second-order valence-corrected chi connectivity index (χ2v) is 7.04. The molecule has 5 heteroatoms. The number of nitrogens with zero attached hydrogens (tertiary/aromatic N) is 1. The van der Waals surface area contributed by atoms with Gasteiger partial charge in [0.2, 0.25) is 11.8 Å². The number of amides is 1. The van der Waals surface area contributed by atoms with Crippen molar-refractivity contribution >= 4 is 5.91 Å². The third-order valence-corrected chi connectivity index (χ3v) is 4.82. The summed E-state index contributed by atoms with van der Waals surface area (Å²) in [4.78, 5) is 16.6. The Morgan fingerprint density at radius 2 is 1.93 bits per heavy atom. The number of rotatable bonds is 8. The minimum atomic E-state index is -0.509. The molecule has 1 heterocycles. The smallest absolute Gasteiger partial charge is 0.249 e. The summed E-state index contributed by atoms with van der Waals surface area (Å²) in [6, 6.07) is 13.6. The summed E-state index contributed by atoms with van der Waals surface area (Å²) >= 11 is 0. The van der Waals surface area contributed by atoms with E-state index in [-0.39, 0.29) is 12.0 Å². The molecule has 1 atom stereocenters. The Morgan fingerprint density at radius 3 is 2.70 bits per heavy atom. The molecule has 2 aromatic rings. The molecule has 0 bridgehead atoms. The highest BCUT2D eigenvalue weighted by atomic mass is 16.5. The molecule has 27 heavy (non-hydrogen) atoms. The van der Waals surface area contributed by atoms with Crippen LogP contribution in [0, 0.1) is 0 Å². The SMILES string of the molecule is CC(OCc1ccccc1)C(=O)NCc1ccnc(OC2CCCCC2)c1. The molecule has 1 N–H and O–H groups in total. The molecule has 1 aliphatic carbocycles. The second kappa shape index (κ2) is 10.1. The van der Waals surface area contributed by atoms with Gasteiger partial charge < -0.3 is 14.8 Å². The summed E-state index contributed by atoms with van der Waals surface area (Å²) in [7, 11) is 0. The number of carbonyl (C=O) groups is 1. The van der Waals surface area contributed by atoms with Gasteiger partial charge in [0.15, 0.2) is 0 Å². The van der Waals surface area contributed by atoms with Crippen LogP contribution in [0.15, 0.2) is 48.7 Å². The van der Waals surface area contributed by atoms with Crippen LogP contribution in [0.5, 0.6) is 5.88 Å². The van der Waals surface area contributed by atoms with E-state index in [0.29, 0.717) is 19.0 Å². The van der Waals surface area contributed by atoms with Gasteiger partial charge in [-0.05, 0) is 49.8 Å². The van der Waals surface area contributed by atoms with E-state index in [1.165, 1.54) is 19.3 Å². The predicted molar refractivity (Wildman–Crippen MR) is 104 cm³/mol. The highest BCUT2D eigenvalue weighted by Crippen LogP contribution is 2.22. The monoisotopic (exact) mass is 368 g/mol. The van der Waals surface area contributed by atoms with Crippen LogP contribution in [-0.2, 0) is 22.7 Å². The quantitative estimate of drug-likeness (QED) is 0.765. The maximum atomic E-state index is 12.3. The highest BCUT2D eigenvalue weighted by Gasteiger charge is 2.16. The lowest BCUT2D eigenvalue weighted by Crippen LogP contribution is -2.34. The number of nitrogens with one attached hydrogen (secondary N) is 1. The molecule has 1 amide bonds. The van der Waals surface area contributed by atoms with Crippen LogP contribution >= 0.6 is 0 Å². The molecule has 0 spiro atoms. The van der Waals surface area contributed by atoms with Crippen molar-refractivity contribution in [1.29, 1.82) is 0 Å². The molecular weight excluding hydrogens is 340 g/mol. The number of hydrogen-bond donors (Lipinski definition) is 1. The largest absolute Gasteiger partial charge is 0.474 e. The van der Waals surface area contributed by atoms with Gasteiger partial charge in [0.25, 0.3) is 0 Å². The van der Waals surface area contributed by atoms with Gasteiger partial charge in [-0.25, -0.2) is 4.98 Å². The summed E-state index contributed by atoms with van der Waals surface area (Å²) in [5, 5.41) is 2.92. The van der Waals surface area contributed by atoms with E-state index < -0.39 is 6.10 Å². The molecule has 0 aliphatic heterocycles. The minimum Gasteiger partial charge on any atom is -0.474 e. The first-order chi connectivity index (χ1) is 13.2. The van der Waals surface area contributed by atoms with Gasteiger partial charge in [0.05, 0.1) is 6.61 Å². The van der Waals surface area contributed by atoms with Crippen molar-refractivity contribution in [3.63, 3.8) is 0 Å². The van der Waals surface area contributed by atoms with E-state index in [1.54, 1.807) is 13.1 Å². The molecular formula is C22H28N2O3. The molecule has 1 unspecified atom stereocenters. The standard InChI is InChI=1S/C22H28N2O3/c1-17(26-16-18-8-4-2-5-9-18)22(25)24-15-19-12-13-23-21(14-19)27-20-10-6-3-7-11-20/h2,4-5,8-9,12-14,17,20H,3,6-7,10-11,15-16H2,1H3,(H,24,25). The lowest BCUT2D eigenvalue weighted by molar-refractivity contribution is -0.132. The lowest BCUT2D eigenvalue weighted by atomic mass is 9.98. The Kier molecular flexibility index (Phi) is 7.22. The maximum absolute atomic E-state index is 12.3. The zero-order valence-corrected chi connectivity index (χ0v) is 15.9. The molecule has 3 rings (SSSR count). The summed E-state index contributed by atoms with van der Waals surface area (Å²) in [5.74, 6) is 0.513. The van der Waals surface area contributed by atoms with Crippen LogP contribution in [0.3, 0.4) is 0 Å². The summed E-state index contributed by atoms with van der Waals surface area (Å²) in [5.41, 5.74) is 2.02. The first-order valence-electron chi connectivity index (χ1n) is 9.75. The normalized spacial score (nSPS) is 15.9. The fourth-order valence-corrected chi connectivity index (χ4v) is 3.18. The average molecular weight is 368 g/mol. The van der Waals surface area contributed by atoms with Gasteiger partial charge in [0, 0.05) is 18.8 Å². The topological polar surface area (TPSA) is 60.5 Å². The van der Waals surface area contributed by atoms with Crippen LogP contribution in [0.1, 0.15) is 50.2 Å². The highest BCUT2D eigenvalue weighted by molar-refractivity contribution is 5.80. The third kappa shape index (κ3) is 6.36. The Labute approximate surface area is 161 Å². The summed E-state index contributed by atoms with van der Waals surface area (Å²) in [6.45, 7) is 2.62. The lowest BCUT2D eigenvalue weighted by Gasteiger charge is -2.22. The summed E-state index contributed by atoms with van der Waals surface area (Å²) < 4.78 is 11.6. The molecule has 0 saturated heterocycles. The number of carbonyl (C=O) groups excluding carboxylic acids is 1. The van der Waals surface area contributed by atoms with E-state index >= 15 is 0 Å². The van der Waals surface area contributed by atoms with E-state index in [1.807, 2.05) is 42.5 Å². The number of pyridine rings is 1. The molecule has 1 aromatic carbocycles.